The topological polar surface area (TPSA) is 38.9 Å². The Kier molecular flexibility index (Phi) is 3.49. The Bertz CT molecular complexity index is 483. The summed E-state index contributed by atoms with van der Waals surface area (Å²) in [6, 6.07) is 10.7. The van der Waals surface area contributed by atoms with Gasteiger partial charge in [-0.2, -0.15) is 0 Å². The van der Waals surface area contributed by atoms with Crippen LogP contribution in [0.5, 0.6) is 0 Å². The summed E-state index contributed by atoms with van der Waals surface area (Å²) in [6.07, 6.45) is 2.03. The largest absolute Gasteiger partial charge is 0.324 e. The van der Waals surface area contributed by atoms with E-state index in [1.54, 1.807) is 30.6 Å². The van der Waals surface area contributed by atoms with Crippen LogP contribution in [0.3, 0.4) is 0 Å². The molecule has 88 valence electrons. The van der Waals surface area contributed by atoms with Gasteiger partial charge in [0.1, 0.15) is 0 Å². The molecule has 1 aromatic heterocycles. The first-order valence-corrected chi connectivity index (χ1v) is 5.58. The molecule has 17 heavy (non-hydrogen) atoms. The van der Waals surface area contributed by atoms with E-state index in [2.05, 4.69) is 4.98 Å². The van der Waals surface area contributed by atoms with E-state index >= 15 is 0 Å². The molecule has 1 aromatic carbocycles. The van der Waals surface area contributed by atoms with Gasteiger partial charge in [0.15, 0.2) is 6.17 Å². The van der Waals surface area contributed by atoms with Crippen LogP contribution >= 0.6 is 0 Å². The van der Waals surface area contributed by atoms with Gasteiger partial charge in [0.05, 0.1) is 0 Å². The molecule has 0 aliphatic rings. The highest BCUT2D eigenvalue weighted by atomic mass is 19.1. The van der Waals surface area contributed by atoms with Crippen LogP contribution in [-0.4, -0.2) is 4.98 Å². The summed E-state index contributed by atoms with van der Waals surface area (Å²) in [7, 11) is 0. The van der Waals surface area contributed by atoms with E-state index < -0.39 is 6.17 Å². The van der Waals surface area contributed by atoms with Crippen molar-refractivity contribution in [3.63, 3.8) is 0 Å². The number of aromatic nitrogens is 1. The maximum Gasteiger partial charge on any atom is 0.152 e. The Morgan fingerprint density at radius 1 is 1.12 bits per heavy atom. The molecule has 0 spiro atoms. The van der Waals surface area contributed by atoms with Gasteiger partial charge < -0.3 is 5.73 Å². The van der Waals surface area contributed by atoms with Crippen LogP contribution in [0, 0.1) is 0 Å². The van der Waals surface area contributed by atoms with E-state index in [1.165, 1.54) is 0 Å². The van der Waals surface area contributed by atoms with Gasteiger partial charge >= 0.3 is 0 Å². The molecule has 0 saturated heterocycles. The first-order valence-electron chi connectivity index (χ1n) is 5.58. The molecule has 0 aliphatic carbocycles. The number of nitrogens with two attached hydrogens (primary N) is 1. The Hall–Kier alpha value is -1.74. The standard InChI is InChI=1S/C14H15FN2/c1-10(16)11-4-2-5-12(8-11)14(15)13-6-3-7-17-9-13/h2-10,14H,16H2,1H3. The van der Waals surface area contributed by atoms with Gasteiger partial charge in [-0.05, 0) is 24.1 Å². The van der Waals surface area contributed by atoms with Crippen molar-refractivity contribution in [3.05, 3.63) is 65.5 Å². The molecule has 0 amide bonds. The van der Waals surface area contributed by atoms with Crippen molar-refractivity contribution in [3.8, 4) is 0 Å². The highest BCUT2D eigenvalue weighted by Crippen LogP contribution is 2.26. The van der Waals surface area contributed by atoms with Crippen LogP contribution in [0.4, 0.5) is 4.39 Å². The molecule has 0 fully saturated rings. The highest BCUT2D eigenvalue weighted by molar-refractivity contribution is 5.32. The predicted molar refractivity (Wildman–Crippen MR) is 66.2 cm³/mol. The highest BCUT2D eigenvalue weighted by Gasteiger charge is 2.13. The van der Waals surface area contributed by atoms with Crippen molar-refractivity contribution >= 4 is 0 Å². The molecule has 0 bridgehead atoms. The summed E-state index contributed by atoms with van der Waals surface area (Å²) in [5, 5.41) is 0. The van der Waals surface area contributed by atoms with Gasteiger partial charge in [-0.15, -0.1) is 0 Å². The van der Waals surface area contributed by atoms with Crippen molar-refractivity contribution in [2.45, 2.75) is 19.1 Å². The fourth-order valence-corrected chi connectivity index (χ4v) is 1.72. The lowest BCUT2D eigenvalue weighted by atomic mass is 10.00. The summed E-state index contributed by atoms with van der Waals surface area (Å²) >= 11 is 0. The second-order valence-electron chi connectivity index (χ2n) is 4.11. The molecule has 2 atom stereocenters. The Morgan fingerprint density at radius 3 is 2.47 bits per heavy atom. The molecule has 2 N–H and O–H groups in total. The molecular formula is C14H15FN2. The van der Waals surface area contributed by atoms with Gasteiger partial charge in [-0.1, -0.05) is 30.3 Å². The first-order chi connectivity index (χ1) is 8.18. The van der Waals surface area contributed by atoms with Gasteiger partial charge in [-0.3, -0.25) is 4.98 Å². The molecule has 2 unspecified atom stereocenters. The van der Waals surface area contributed by atoms with Crippen LogP contribution in [0.2, 0.25) is 0 Å². The maximum absolute atomic E-state index is 14.2. The van der Waals surface area contributed by atoms with Crippen molar-refractivity contribution in [1.82, 2.24) is 4.98 Å². The summed E-state index contributed by atoms with van der Waals surface area (Å²) in [5.74, 6) is 0. The lowest BCUT2D eigenvalue weighted by molar-refractivity contribution is 0.400. The molecule has 2 rings (SSSR count). The van der Waals surface area contributed by atoms with Crippen LogP contribution in [0.1, 0.15) is 35.8 Å². The van der Waals surface area contributed by atoms with E-state index in [4.69, 9.17) is 5.73 Å². The zero-order valence-corrected chi connectivity index (χ0v) is 9.68. The fourth-order valence-electron chi connectivity index (χ4n) is 1.72. The lowest BCUT2D eigenvalue weighted by Gasteiger charge is -2.11. The number of pyridine rings is 1. The average molecular weight is 230 g/mol. The molecule has 1 heterocycles. The van der Waals surface area contributed by atoms with Crippen LogP contribution in [0.15, 0.2) is 48.8 Å². The monoisotopic (exact) mass is 230 g/mol. The number of nitrogens with zero attached hydrogens (tertiary/aromatic N) is 1. The maximum atomic E-state index is 14.2. The molecule has 0 saturated carbocycles. The third-order valence-corrected chi connectivity index (χ3v) is 2.71. The Morgan fingerprint density at radius 2 is 1.82 bits per heavy atom. The third-order valence-electron chi connectivity index (χ3n) is 2.71. The number of benzene rings is 1. The Balaban J connectivity index is 2.31. The molecule has 0 aliphatic heterocycles. The number of hydrogen-bond acceptors (Lipinski definition) is 2. The SMILES string of the molecule is CC(N)c1cccc(C(F)c2cccnc2)c1. The van der Waals surface area contributed by atoms with E-state index in [-0.39, 0.29) is 6.04 Å². The molecule has 2 aromatic rings. The molecule has 0 radical (unpaired) electrons. The first kappa shape index (κ1) is 11.7. The van der Waals surface area contributed by atoms with Crippen molar-refractivity contribution < 1.29 is 4.39 Å². The van der Waals surface area contributed by atoms with E-state index in [0.29, 0.717) is 11.1 Å². The average Bonchev–Trinajstić information content (AvgIpc) is 2.39. The Labute approximate surface area is 100 Å². The van der Waals surface area contributed by atoms with Gasteiger partial charge in [0.25, 0.3) is 0 Å². The number of rotatable bonds is 3. The van der Waals surface area contributed by atoms with Crippen LogP contribution in [0.25, 0.3) is 0 Å². The summed E-state index contributed by atoms with van der Waals surface area (Å²) in [4.78, 5) is 3.92. The number of halogens is 1. The quantitative estimate of drug-likeness (QED) is 0.879. The van der Waals surface area contributed by atoms with E-state index in [0.717, 1.165) is 5.56 Å². The van der Waals surface area contributed by atoms with Gasteiger partial charge in [0, 0.05) is 24.0 Å². The normalized spacial score (nSPS) is 14.3. The molecular weight excluding hydrogens is 215 g/mol. The van der Waals surface area contributed by atoms with Gasteiger partial charge in [-0.25, -0.2) is 4.39 Å². The fraction of sp³-hybridized carbons (Fsp3) is 0.214. The van der Waals surface area contributed by atoms with Crippen molar-refractivity contribution in [2.75, 3.05) is 0 Å². The second-order valence-corrected chi connectivity index (χ2v) is 4.11. The van der Waals surface area contributed by atoms with Crippen LogP contribution < -0.4 is 5.73 Å². The minimum Gasteiger partial charge on any atom is -0.324 e. The molecule has 3 heteroatoms. The zero-order valence-electron chi connectivity index (χ0n) is 9.68. The smallest absolute Gasteiger partial charge is 0.152 e. The summed E-state index contributed by atoms with van der Waals surface area (Å²) < 4.78 is 14.2. The van der Waals surface area contributed by atoms with E-state index in [9.17, 15) is 4.39 Å². The van der Waals surface area contributed by atoms with Crippen molar-refractivity contribution in [1.29, 1.82) is 0 Å². The van der Waals surface area contributed by atoms with Crippen LogP contribution in [-0.2, 0) is 0 Å². The van der Waals surface area contributed by atoms with Crippen molar-refractivity contribution in [2.24, 2.45) is 5.73 Å². The van der Waals surface area contributed by atoms with Gasteiger partial charge in [0.2, 0.25) is 0 Å². The minimum atomic E-state index is -1.15. The number of hydrogen-bond donors (Lipinski definition) is 1. The lowest BCUT2D eigenvalue weighted by Crippen LogP contribution is -2.06. The number of alkyl halides is 1. The summed E-state index contributed by atoms with van der Waals surface area (Å²) in [6.45, 7) is 1.89. The van der Waals surface area contributed by atoms with E-state index in [1.807, 2.05) is 25.1 Å². The zero-order chi connectivity index (χ0) is 12.3. The molecule has 2 nitrogen and oxygen atoms in total. The minimum absolute atomic E-state index is 0.0870. The third kappa shape index (κ3) is 2.68. The second kappa shape index (κ2) is 5.06. The summed E-state index contributed by atoms with van der Waals surface area (Å²) in [5.41, 5.74) is 7.91. The predicted octanol–water partition coefficient (Wildman–Crippen LogP) is 3.16.